The van der Waals surface area contributed by atoms with Crippen LogP contribution in [0.3, 0.4) is 0 Å². The Balaban J connectivity index is 1.93. The molecule has 22 heavy (non-hydrogen) atoms. The van der Waals surface area contributed by atoms with Crippen molar-refractivity contribution in [1.82, 2.24) is 4.90 Å². The first-order chi connectivity index (χ1) is 10.2. The first kappa shape index (κ1) is 15.7. The van der Waals surface area contributed by atoms with Gasteiger partial charge >= 0.3 is 6.18 Å². The van der Waals surface area contributed by atoms with Crippen LogP contribution in [0.5, 0.6) is 0 Å². The summed E-state index contributed by atoms with van der Waals surface area (Å²) in [5.74, 6) is -1.01. The molecule has 1 aromatic rings. The molecule has 0 aromatic heterocycles. The fourth-order valence-electron chi connectivity index (χ4n) is 3.43. The third-order valence-electron chi connectivity index (χ3n) is 4.72. The van der Waals surface area contributed by atoms with Gasteiger partial charge in [-0.2, -0.15) is 13.2 Å². The number of morpholine rings is 1. The van der Waals surface area contributed by atoms with E-state index < -0.39 is 23.2 Å². The highest BCUT2D eigenvalue weighted by Gasteiger charge is 2.47. The molecule has 1 N–H and O–H groups in total. The number of benzene rings is 1. The number of fused-ring (bicyclic) bond motifs is 2. The molecule has 2 atom stereocenters. The Hall–Kier alpha value is -1.18. The zero-order valence-electron chi connectivity index (χ0n) is 12.0. The average Bonchev–Trinajstić information content (AvgIpc) is 2.39. The number of nitrogens with zero attached hydrogens (tertiary/aromatic N) is 1. The largest absolute Gasteiger partial charge is 0.416 e. The van der Waals surface area contributed by atoms with Crippen molar-refractivity contribution in [3.63, 3.8) is 0 Å². The molecular formula is C15H17F4NO2. The van der Waals surface area contributed by atoms with E-state index in [0.29, 0.717) is 19.3 Å². The topological polar surface area (TPSA) is 32.7 Å². The Kier molecular flexibility index (Phi) is 3.70. The number of alkyl halides is 3. The minimum Gasteiger partial charge on any atom is -0.385 e. The van der Waals surface area contributed by atoms with Gasteiger partial charge in [0.2, 0.25) is 0 Å². The zero-order valence-corrected chi connectivity index (χ0v) is 12.0. The standard InChI is InChI=1S/C15H17F4NO2/c1-20-10-5-14(21,6-11(20)8-22-7-10)12-3-2-9(4-13(12)16)15(17,18)19/h2-4,10-11,21H,5-8H2,1H3. The predicted octanol–water partition coefficient (Wildman–Crippen LogP) is 2.53. The lowest BCUT2D eigenvalue weighted by Gasteiger charge is -2.50. The van der Waals surface area contributed by atoms with Gasteiger partial charge in [0.25, 0.3) is 0 Å². The maximum Gasteiger partial charge on any atom is 0.416 e. The number of likely N-dealkylation sites (N-methyl/N-ethyl adjacent to an activating group) is 1. The quantitative estimate of drug-likeness (QED) is 0.808. The van der Waals surface area contributed by atoms with Gasteiger partial charge < -0.3 is 9.84 Å². The summed E-state index contributed by atoms with van der Waals surface area (Å²) in [6.45, 7) is 0.856. The molecule has 3 nitrogen and oxygen atoms in total. The number of rotatable bonds is 1. The van der Waals surface area contributed by atoms with Crippen LogP contribution in [-0.2, 0) is 16.5 Å². The lowest BCUT2D eigenvalue weighted by atomic mass is 9.76. The van der Waals surface area contributed by atoms with Crippen molar-refractivity contribution in [1.29, 1.82) is 0 Å². The zero-order chi connectivity index (χ0) is 16.1. The van der Waals surface area contributed by atoms with Gasteiger partial charge in [-0.1, -0.05) is 6.07 Å². The molecule has 0 aliphatic carbocycles. The molecule has 2 fully saturated rings. The molecule has 0 radical (unpaired) electrons. The minimum absolute atomic E-state index is 0.0644. The Morgan fingerprint density at radius 1 is 1.23 bits per heavy atom. The molecule has 2 saturated heterocycles. The Morgan fingerprint density at radius 3 is 2.32 bits per heavy atom. The lowest BCUT2D eigenvalue weighted by molar-refractivity contribution is -0.140. The number of aliphatic hydroxyl groups is 1. The van der Waals surface area contributed by atoms with Gasteiger partial charge in [0.05, 0.1) is 24.4 Å². The van der Waals surface area contributed by atoms with Crippen LogP contribution in [0.1, 0.15) is 24.0 Å². The number of ether oxygens (including phenoxy) is 1. The minimum atomic E-state index is -4.60. The first-order valence-corrected chi connectivity index (χ1v) is 7.10. The highest BCUT2D eigenvalue weighted by atomic mass is 19.4. The molecule has 2 bridgehead atoms. The average molecular weight is 319 g/mol. The van der Waals surface area contributed by atoms with Gasteiger partial charge in [-0.3, -0.25) is 4.90 Å². The first-order valence-electron chi connectivity index (χ1n) is 7.10. The normalized spacial score (nSPS) is 33.0. The Labute approximate surface area is 125 Å². The molecule has 0 spiro atoms. The molecule has 7 heteroatoms. The molecule has 3 rings (SSSR count). The molecule has 2 aliphatic heterocycles. The monoisotopic (exact) mass is 319 g/mol. The van der Waals surface area contributed by atoms with E-state index in [1.807, 2.05) is 7.05 Å². The summed E-state index contributed by atoms with van der Waals surface area (Å²) in [4.78, 5) is 2.08. The van der Waals surface area contributed by atoms with Crippen LogP contribution in [0.15, 0.2) is 18.2 Å². The number of hydrogen-bond acceptors (Lipinski definition) is 3. The number of hydrogen-bond donors (Lipinski definition) is 1. The van der Waals surface area contributed by atoms with E-state index in [4.69, 9.17) is 4.74 Å². The highest BCUT2D eigenvalue weighted by molar-refractivity contribution is 5.31. The van der Waals surface area contributed by atoms with E-state index in [1.54, 1.807) is 0 Å². The van der Waals surface area contributed by atoms with Crippen LogP contribution in [0, 0.1) is 5.82 Å². The van der Waals surface area contributed by atoms with Crippen molar-refractivity contribution in [2.45, 2.75) is 36.7 Å². The molecule has 2 aliphatic rings. The Bertz CT molecular complexity index is 561. The van der Waals surface area contributed by atoms with Crippen molar-refractivity contribution in [3.05, 3.63) is 35.1 Å². The SMILES string of the molecule is CN1C2COCC1CC(O)(c1ccc(C(F)(F)F)cc1F)C2. The third kappa shape index (κ3) is 2.61. The van der Waals surface area contributed by atoms with Crippen LogP contribution >= 0.6 is 0 Å². The fourth-order valence-corrected chi connectivity index (χ4v) is 3.43. The number of halogens is 4. The summed E-state index contributed by atoms with van der Waals surface area (Å²) >= 11 is 0. The van der Waals surface area contributed by atoms with E-state index in [9.17, 15) is 22.7 Å². The van der Waals surface area contributed by atoms with E-state index in [1.165, 1.54) is 0 Å². The number of piperidine rings is 1. The molecule has 2 unspecified atom stereocenters. The Morgan fingerprint density at radius 2 is 1.82 bits per heavy atom. The summed E-state index contributed by atoms with van der Waals surface area (Å²) in [6, 6.07) is 2.19. The summed E-state index contributed by atoms with van der Waals surface area (Å²) in [5, 5.41) is 10.8. The van der Waals surface area contributed by atoms with Gasteiger partial charge in [0.15, 0.2) is 0 Å². The van der Waals surface area contributed by atoms with Crippen molar-refractivity contribution in [2.75, 3.05) is 20.3 Å². The van der Waals surface area contributed by atoms with E-state index in [2.05, 4.69) is 4.90 Å². The van der Waals surface area contributed by atoms with Crippen molar-refractivity contribution in [2.24, 2.45) is 0 Å². The van der Waals surface area contributed by atoms with Gasteiger partial charge in [-0.05, 0) is 32.0 Å². The fraction of sp³-hybridized carbons (Fsp3) is 0.600. The van der Waals surface area contributed by atoms with Crippen LogP contribution in [0.2, 0.25) is 0 Å². The maximum atomic E-state index is 14.2. The highest BCUT2D eigenvalue weighted by Crippen LogP contribution is 2.42. The summed E-state index contributed by atoms with van der Waals surface area (Å²) in [7, 11) is 1.92. The second-order valence-electron chi connectivity index (χ2n) is 6.14. The maximum absolute atomic E-state index is 14.2. The molecule has 1 aromatic carbocycles. The van der Waals surface area contributed by atoms with Crippen molar-refractivity contribution >= 4 is 0 Å². The van der Waals surface area contributed by atoms with Gasteiger partial charge in [0, 0.05) is 17.6 Å². The third-order valence-corrected chi connectivity index (χ3v) is 4.72. The van der Waals surface area contributed by atoms with Crippen LogP contribution in [-0.4, -0.2) is 42.4 Å². The van der Waals surface area contributed by atoms with Gasteiger partial charge in [-0.25, -0.2) is 4.39 Å². The smallest absolute Gasteiger partial charge is 0.385 e. The lowest BCUT2D eigenvalue weighted by Crippen LogP contribution is -2.59. The van der Waals surface area contributed by atoms with E-state index in [-0.39, 0.29) is 30.5 Å². The van der Waals surface area contributed by atoms with Crippen LogP contribution in [0.4, 0.5) is 17.6 Å². The molecule has 122 valence electrons. The predicted molar refractivity (Wildman–Crippen MR) is 70.7 cm³/mol. The molecule has 0 amide bonds. The summed E-state index contributed by atoms with van der Waals surface area (Å²) < 4.78 is 57.5. The summed E-state index contributed by atoms with van der Waals surface area (Å²) in [6.07, 6.45) is -4.12. The van der Waals surface area contributed by atoms with Crippen molar-refractivity contribution in [3.8, 4) is 0 Å². The van der Waals surface area contributed by atoms with Crippen LogP contribution in [0.25, 0.3) is 0 Å². The summed E-state index contributed by atoms with van der Waals surface area (Å²) in [5.41, 5.74) is -2.57. The molecule has 2 heterocycles. The van der Waals surface area contributed by atoms with E-state index in [0.717, 1.165) is 12.1 Å². The van der Waals surface area contributed by atoms with Gasteiger partial charge in [0.1, 0.15) is 5.82 Å². The molecule has 0 saturated carbocycles. The van der Waals surface area contributed by atoms with E-state index >= 15 is 0 Å². The van der Waals surface area contributed by atoms with Crippen LogP contribution < -0.4 is 0 Å². The molecular weight excluding hydrogens is 302 g/mol. The second kappa shape index (κ2) is 5.18. The second-order valence-corrected chi connectivity index (χ2v) is 6.14. The van der Waals surface area contributed by atoms with Gasteiger partial charge in [-0.15, -0.1) is 0 Å². The van der Waals surface area contributed by atoms with Crippen molar-refractivity contribution < 1.29 is 27.4 Å².